The highest BCUT2D eigenvalue weighted by molar-refractivity contribution is 5.58. The van der Waals surface area contributed by atoms with Crippen LogP contribution < -0.4 is 10.2 Å². The maximum Gasteiger partial charge on any atom is 0.0397 e. The number of benzene rings is 1. The summed E-state index contributed by atoms with van der Waals surface area (Å²) >= 11 is 0. The first kappa shape index (κ1) is 10.5. The van der Waals surface area contributed by atoms with E-state index in [1.807, 2.05) is 7.05 Å². The highest BCUT2D eigenvalue weighted by atomic mass is 15.1. The fourth-order valence-corrected chi connectivity index (χ4v) is 2.20. The molecule has 0 saturated carbocycles. The van der Waals surface area contributed by atoms with Gasteiger partial charge >= 0.3 is 0 Å². The number of nitrogens with one attached hydrogen (secondary N) is 1. The van der Waals surface area contributed by atoms with E-state index in [-0.39, 0.29) is 0 Å². The van der Waals surface area contributed by atoms with Gasteiger partial charge in [0.2, 0.25) is 0 Å². The molecular weight excluding hydrogens is 184 g/mol. The van der Waals surface area contributed by atoms with Crippen LogP contribution in [0.2, 0.25) is 0 Å². The van der Waals surface area contributed by atoms with Crippen molar-refractivity contribution >= 4 is 5.69 Å². The van der Waals surface area contributed by atoms with Crippen molar-refractivity contribution in [1.82, 2.24) is 5.32 Å². The van der Waals surface area contributed by atoms with Crippen LogP contribution in [0.1, 0.15) is 18.1 Å². The molecule has 1 atom stereocenters. The van der Waals surface area contributed by atoms with Crippen LogP contribution in [0.25, 0.3) is 0 Å². The zero-order valence-electron chi connectivity index (χ0n) is 9.88. The van der Waals surface area contributed by atoms with Gasteiger partial charge in [-0.1, -0.05) is 12.1 Å². The molecule has 0 aliphatic carbocycles. The van der Waals surface area contributed by atoms with Crippen molar-refractivity contribution < 1.29 is 0 Å². The summed E-state index contributed by atoms with van der Waals surface area (Å²) in [6, 6.07) is 7.45. The second kappa shape index (κ2) is 4.23. The van der Waals surface area contributed by atoms with Crippen molar-refractivity contribution in [2.45, 2.75) is 25.8 Å². The van der Waals surface area contributed by atoms with Crippen LogP contribution in [0.5, 0.6) is 0 Å². The van der Waals surface area contributed by atoms with Crippen LogP contribution in [0.15, 0.2) is 18.2 Å². The number of fused-ring (bicyclic) bond motifs is 1. The van der Waals surface area contributed by atoms with Gasteiger partial charge in [-0.15, -0.1) is 0 Å². The molecule has 15 heavy (non-hydrogen) atoms. The fraction of sp³-hybridized carbons (Fsp3) is 0.538. The second-order valence-corrected chi connectivity index (χ2v) is 4.53. The number of nitrogens with zero attached hydrogens (tertiary/aromatic N) is 1. The predicted molar refractivity (Wildman–Crippen MR) is 65.6 cm³/mol. The molecule has 0 amide bonds. The Morgan fingerprint density at radius 1 is 1.47 bits per heavy atom. The number of anilines is 1. The third-order valence-corrected chi connectivity index (χ3v) is 3.31. The van der Waals surface area contributed by atoms with Crippen molar-refractivity contribution in [2.24, 2.45) is 0 Å². The van der Waals surface area contributed by atoms with Crippen molar-refractivity contribution in [1.29, 1.82) is 0 Å². The molecule has 2 nitrogen and oxygen atoms in total. The van der Waals surface area contributed by atoms with Crippen LogP contribution >= 0.6 is 0 Å². The molecule has 0 fully saturated rings. The van der Waals surface area contributed by atoms with Crippen LogP contribution in [0.4, 0.5) is 5.69 Å². The van der Waals surface area contributed by atoms with Gasteiger partial charge in [0.05, 0.1) is 0 Å². The van der Waals surface area contributed by atoms with Gasteiger partial charge in [-0.25, -0.2) is 0 Å². The molecule has 0 bridgehead atoms. The van der Waals surface area contributed by atoms with Crippen LogP contribution in [0, 0.1) is 0 Å². The standard InChI is InChI=1S/C13H20N2/c1-10(14-2)8-11-4-5-13-12(9-11)6-7-15(13)3/h4-5,9-10,14H,6-8H2,1-3H3. The molecule has 0 radical (unpaired) electrons. The van der Waals surface area contributed by atoms with E-state index in [0.29, 0.717) is 6.04 Å². The number of hydrogen-bond acceptors (Lipinski definition) is 2. The van der Waals surface area contributed by atoms with Crippen LogP contribution in [-0.2, 0) is 12.8 Å². The molecule has 1 heterocycles. The molecule has 0 spiro atoms. The summed E-state index contributed by atoms with van der Waals surface area (Å²) in [4.78, 5) is 2.33. The summed E-state index contributed by atoms with van der Waals surface area (Å²) in [5, 5.41) is 3.28. The Balaban J connectivity index is 2.16. The Kier molecular flexibility index (Phi) is 2.96. The summed E-state index contributed by atoms with van der Waals surface area (Å²) in [5.41, 5.74) is 4.38. The zero-order valence-corrected chi connectivity index (χ0v) is 9.88. The monoisotopic (exact) mass is 204 g/mol. The third-order valence-electron chi connectivity index (χ3n) is 3.31. The van der Waals surface area contributed by atoms with Gasteiger partial charge in [-0.2, -0.15) is 0 Å². The predicted octanol–water partition coefficient (Wildman–Crippen LogP) is 1.83. The topological polar surface area (TPSA) is 15.3 Å². The molecule has 1 aromatic carbocycles. The SMILES string of the molecule is CNC(C)Cc1ccc2c(c1)CCN2C. The highest BCUT2D eigenvalue weighted by Crippen LogP contribution is 2.27. The molecule has 1 aromatic rings. The first-order valence-corrected chi connectivity index (χ1v) is 5.71. The van der Waals surface area contributed by atoms with Crippen LogP contribution in [0.3, 0.4) is 0 Å². The Bertz CT molecular complexity index is 346. The maximum atomic E-state index is 3.28. The van der Waals surface area contributed by atoms with Crippen molar-refractivity contribution in [3.63, 3.8) is 0 Å². The number of likely N-dealkylation sites (N-methyl/N-ethyl adjacent to an activating group) is 2. The molecule has 0 saturated heterocycles. The lowest BCUT2D eigenvalue weighted by Gasteiger charge is -2.14. The highest BCUT2D eigenvalue weighted by Gasteiger charge is 2.15. The van der Waals surface area contributed by atoms with Gasteiger partial charge in [-0.3, -0.25) is 0 Å². The summed E-state index contributed by atoms with van der Waals surface area (Å²) < 4.78 is 0. The molecular formula is C13H20N2. The number of rotatable bonds is 3. The van der Waals surface area contributed by atoms with Gasteiger partial charge in [0.1, 0.15) is 0 Å². The molecule has 0 aromatic heterocycles. The average molecular weight is 204 g/mol. The zero-order chi connectivity index (χ0) is 10.8. The Labute approximate surface area is 92.3 Å². The molecule has 1 aliphatic rings. The molecule has 2 rings (SSSR count). The van der Waals surface area contributed by atoms with Gasteiger partial charge in [0, 0.05) is 25.3 Å². The fourth-order valence-electron chi connectivity index (χ4n) is 2.20. The lowest BCUT2D eigenvalue weighted by molar-refractivity contribution is 0.608. The van der Waals surface area contributed by atoms with E-state index in [2.05, 4.69) is 42.4 Å². The van der Waals surface area contributed by atoms with Gasteiger partial charge < -0.3 is 10.2 Å². The van der Waals surface area contributed by atoms with Gasteiger partial charge in [0.25, 0.3) is 0 Å². The normalized spacial score (nSPS) is 16.6. The minimum atomic E-state index is 0.558. The number of hydrogen-bond donors (Lipinski definition) is 1. The Morgan fingerprint density at radius 3 is 3.00 bits per heavy atom. The van der Waals surface area contributed by atoms with Crippen molar-refractivity contribution in [3.05, 3.63) is 29.3 Å². The van der Waals surface area contributed by atoms with Gasteiger partial charge in [0.15, 0.2) is 0 Å². The molecule has 1 unspecified atom stereocenters. The summed E-state index contributed by atoms with van der Waals surface area (Å²) in [6.07, 6.45) is 2.32. The minimum absolute atomic E-state index is 0.558. The summed E-state index contributed by atoms with van der Waals surface area (Å²) in [6.45, 7) is 3.39. The Hall–Kier alpha value is -1.02. The summed E-state index contributed by atoms with van der Waals surface area (Å²) in [7, 11) is 4.19. The van der Waals surface area contributed by atoms with Crippen LogP contribution in [-0.4, -0.2) is 26.7 Å². The van der Waals surface area contributed by atoms with E-state index >= 15 is 0 Å². The first-order valence-electron chi connectivity index (χ1n) is 5.71. The van der Waals surface area contributed by atoms with E-state index < -0.39 is 0 Å². The van der Waals surface area contributed by atoms with Crippen molar-refractivity contribution in [2.75, 3.05) is 25.5 Å². The summed E-state index contributed by atoms with van der Waals surface area (Å²) in [5.74, 6) is 0. The third kappa shape index (κ3) is 2.15. The molecule has 1 aliphatic heterocycles. The lowest BCUT2D eigenvalue weighted by atomic mass is 10.0. The van der Waals surface area contributed by atoms with E-state index in [1.54, 1.807) is 0 Å². The molecule has 1 N–H and O–H groups in total. The Morgan fingerprint density at radius 2 is 2.27 bits per heavy atom. The quantitative estimate of drug-likeness (QED) is 0.808. The molecule has 82 valence electrons. The second-order valence-electron chi connectivity index (χ2n) is 4.53. The van der Waals surface area contributed by atoms with E-state index in [0.717, 1.165) is 6.42 Å². The minimum Gasteiger partial charge on any atom is -0.374 e. The van der Waals surface area contributed by atoms with E-state index in [9.17, 15) is 0 Å². The van der Waals surface area contributed by atoms with E-state index in [4.69, 9.17) is 0 Å². The average Bonchev–Trinajstić information content (AvgIpc) is 2.60. The first-order chi connectivity index (χ1) is 7.20. The lowest BCUT2D eigenvalue weighted by Crippen LogP contribution is -2.23. The smallest absolute Gasteiger partial charge is 0.0397 e. The van der Waals surface area contributed by atoms with E-state index in [1.165, 1.54) is 29.8 Å². The maximum absolute atomic E-state index is 3.28. The molecule has 2 heteroatoms. The van der Waals surface area contributed by atoms with Gasteiger partial charge in [-0.05, 0) is 44.0 Å². The van der Waals surface area contributed by atoms with Crippen molar-refractivity contribution in [3.8, 4) is 0 Å². The largest absolute Gasteiger partial charge is 0.374 e.